The molecule has 0 aliphatic carbocycles. The molecule has 46 heavy (non-hydrogen) atoms. The van der Waals surface area contributed by atoms with Crippen molar-refractivity contribution in [1.82, 2.24) is 9.21 Å². The SMILES string of the molecule is C[C@H](CO)N1C[C@H](C)[C@@H](CN(C)S(=O)(=O)c2cccs2)OCCCC[C@H](C)Oc2ccc(NS(=O)(=O)c3ccccc3)cc2C1=O. The highest BCUT2D eigenvalue weighted by atomic mass is 32.2. The Morgan fingerprint density at radius 2 is 1.80 bits per heavy atom. The van der Waals surface area contributed by atoms with Crippen molar-refractivity contribution < 1.29 is 36.2 Å². The number of aliphatic hydroxyl groups is 1. The Labute approximate surface area is 276 Å². The number of nitrogens with one attached hydrogen (secondary N) is 1. The molecule has 252 valence electrons. The fraction of sp³-hybridized carbons (Fsp3) is 0.469. The van der Waals surface area contributed by atoms with Crippen molar-refractivity contribution in [2.24, 2.45) is 5.92 Å². The Hall–Kier alpha value is -3.01. The number of aliphatic hydroxyl groups excluding tert-OH is 1. The van der Waals surface area contributed by atoms with Gasteiger partial charge in [0.15, 0.2) is 0 Å². The van der Waals surface area contributed by atoms with Gasteiger partial charge in [-0.15, -0.1) is 11.3 Å². The van der Waals surface area contributed by atoms with E-state index in [2.05, 4.69) is 4.72 Å². The number of fused-ring (bicyclic) bond motifs is 1. The van der Waals surface area contributed by atoms with Crippen LogP contribution in [0.3, 0.4) is 0 Å². The number of carbonyl (C=O) groups excluding carboxylic acids is 1. The molecule has 0 spiro atoms. The van der Waals surface area contributed by atoms with Crippen LogP contribution < -0.4 is 9.46 Å². The molecular formula is C32H43N3O8S3. The summed E-state index contributed by atoms with van der Waals surface area (Å²) in [5.41, 5.74) is 0.319. The molecule has 0 radical (unpaired) electrons. The second-order valence-electron chi connectivity index (χ2n) is 11.6. The number of benzene rings is 2. The number of amides is 1. The molecule has 2 aromatic carbocycles. The Balaban J connectivity index is 1.68. The van der Waals surface area contributed by atoms with Gasteiger partial charge in [0.05, 0.1) is 35.3 Å². The summed E-state index contributed by atoms with van der Waals surface area (Å²) < 4.78 is 69.2. The van der Waals surface area contributed by atoms with E-state index in [9.17, 15) is 26.7 Å². The maximum Gasteiger partial charge on any atom is 0.261 e. The zero-order valence-electron chi connectivity index (χ0n) is 26.5. The molecule has 2 heterocycles. The number of likely N-dealkylation sites (N-methyl/N-ethyl adjacent to an activating group) is 1. The minimum absolute atomic E-state index is 0.0679. The monoisotopic (exact) mass is 693 g/mol. The third kappa shape index (κ3) is 8.87. The summed E-state index contributed by atoms with van der Waals surface area (Å²) in [5.74, 6) is -0.508. The van der Waals surface area contributed by atoms with E-state index in [1.807, 2.05) is 13.8 Å². The molecule has 4 atom stereocenters. The normalized spacial score (nSPS) is 21.2. The van der Waals surface area contributed by atoms with Gasteiger partial charge in [0.1, 0.15) is 9.96 Å². The van der Waals surface area contributed by atoms with Crippen LogP contribution in [0.5, 0.6) is 5.75 Å². The van der Waals surface area contributed by atoms with Crippen LogP contribution in [0, 0.1) is 5.92 Å². The number of hydrogen-bond acceptors (Lipinski definition) is 9. The minimum atomic E-state index is -3.93. The molecular weight excluding hydrogens is 651 g/mol. The van der Waals surface area contributed by atoms with Crippen molar-refractivity contribution >= 4 is 43.0 Å². The van der Waals surface area contributed by atoms with Crippen molar-refractivity contribution in [1.29, 1.82) is 0 Å². The van der Waals surface area contributed by atoms with Crippen molar-refractivity contribution in [2.45, 2.75) is 67.4 Å². The van der Waals surface area contributed by atoms with E-state index in [1.54, 1.807) is 54.8 Å². The number of carbonyl (C=O) groups is 1. The molecule has 14 heteroatoms. The highest BCUT2D eigenvalue weighted by molar-refractivity contribution is 7.92. The van der Waals surface area contributed by atoms with E-state index < -0.39 is 38.1 Å². The van der Waals surface area contributed by atoms with Crippen LogP contribution in [0.1, 0.15) is 50.4 Å². The maximum atomic E-state index is 14.3. The number of thiophene rings is 1. The van der Waals surface area contributed by atoms with Gasteiger partial charge in [-0.1, -0.05) is 31.2 Å². The predicted octanol–water partition coefficient (Wildman–Crippen LogP) is 4.67. The zero-order chi connectivity index (χ0) is 33.5. The first-order valence-electron chi connectivity index (χ1n) is 15.2. The summed E-state index contributed by atoms with van der Waals surface area (Å²) in [4.78, 5) is 15.9. The molecule has 0 bridgehead atoms. The summed E-state index contributed by atoms with van der Waals surface area (Å²) in [6.45, 7) is 5.77. The number of sulfonamides is 2. The molecule has 1 aromatic heterocycles. The molecule has 0 fully saturated rings. The van der Waals surface area contributed by atoms with Crippen LogP contribution in [0.25, 0.3) is 0 Å². The van der Waals surface area contributed by atoms with Gasteiger partial charge in [0, 0.05) is 38.3 Å². The summed E-state index contributed by atoms with van der Waals surface area (Å²) in [6, 6.07) is 15.1. The summed E-state index contributed by atoms with van der Waals surface area (Å²) in [5, 5.41) is 11.9. The number of ether oxygens (including phenoxy) is 2. The van der Waals surface area contributed by atoms with Crippen molar-refractivity contribution in [3.8, 4) is 5.75 Å². The third-order valence-corrected chi connectivity index (χ3v) is 12.5. The Morgan fingerprint density at radius 1 is 1.07 bits per heavy atom. The minimum Gasteiger partial charge on any atom is -0.490 e. The van der Waals surface area contributed by atoms with E-state index in [0.717, 1.165) is 24.2 Å². The number of rotatable bonds is 9. The molecule has 2 N–H and O–H groups in total. The van der Waals surface area contributed by atoms with Crippen LogP contribution in [0.4, 0.5) is 5.69 Å². The van der Waals surface area contributed by atoms with Gasteiger partial charge in [0.25, 0.3) is 26.0 Å². The van der Waals surface area contributed by atoms with Crippen LogP contribution in [-0.2, 0) is 24.8 Å². The van der Waals surface area contributed by atoms with Gasteiger partial charge in [-0.2, -0.15) is 4.31 Å². The van der Waals surface area contributed by atoms with Gasteiger partial charge in [0.2, 0.25) is 0 Å². The van der Waals surface area contributed by atoms with E-state index in [1.165, 1.54) is 34.5 Å². The molecule has 0 unspecified atom stereocenters. The smallest absolute Gasteiger partial charge is 0.261 e. The Kier molecular flexibility index (Phi) is 12.2. The molecule has 4 rings (SSSR count). The Morgan fingerprint density at radius 3 is 2.48 bits per heavy atom. The Bertz CT molecular complexity index is 1650. The van der Waals surface area contributed by atoms with E-state index >= 15 is 0 Å². The molecule has 0 saturated heterocycles. The second-order valence-corrected chi connectivity index (χ2v) is 16.5. The van der Waals surface area contributed by atoms with E-state index in [0.29, 0.717) is 18.8 Å². The first-order chi connectivity index (χ1) is 21.8. The standard InChI is InChI=1S/C32H43N3O8S3/c1-23-20-35(24(2)22-36)32(37)28-19-26(33-45(38,39)27-12-6-5-7-13-27)15-16-29(28)43-25(3)11-8-9-17-42-30(23)21-34(4)46(40,41)31-14-10-18-44-31/h5-7,10,12-16,18-19,23-25,30,33,36H,8-9,11,17,20-22H2,1-4H3/t23-,24+,25-,30+/m0/s1. The van der Waals surface area contributed by atoms with Gasteiger partial charge in [-0.05, 0) is 74.9 Å². The number of hydrogen-bond donors (Lipinski definition) is 2. The lowest BCUT2D eigenvalue weighted by molar-refractivity contribution is -0.00832. The molecule has 0 saturated carbocycles. The average Bonchev–Trinajstić information content (AvgIpc) is 3.59. The van der Waals surface area contributed by atoms with Gasteiger partial charge >= 0.3 is 0 Å². The maximum absolute atomic E-state index is 14.3. The summed E-state index contributed by atoms with van der Waals surface area (Å²) in [7, 11) is -6.15. The highest BCUT2D eigenvalue weighted by Gasteiger charge is 2.33. The van der Waals surface area contributed by atoms with Gasteiger partial charge in [-0.25, -0.2) is 16.8 Å². The average molecular weight is 694 g/mol. The lowest BCUT2D eigenvalue weighted by Crippen LogP contribution is -2.48. The van der Waals surface area contributed by atoms with E-state index in [4.69, 9.17) is 9.47 Å². The van der Waals surface area contributed by atoms with Crippen LogP contribution in [0.15, 0.2) is 75.1 Å². The highest BCUT2D eigenvalue weighted by Crippen LogP contribution is 2.30. The van der Waals surface area contributed by atoms with Crippen LogP contribution >= 0.6 is 11.3 Å². The van der Waals surface area contributed by atoms with Gasteiger partial charge in [-0.3, -0.25) is 9.52 Å². The van der Waals surface area contributed by atoms with Crippen molar-refractivity contribution in [3.63, 3.8) is 0 Å². The molecule has 11 nitrogen and oxygen atoms in total. The van der Waals surface area contributed by atoms with Crippen molar-refractivity contribution in [3.05, 3.63) is 71.6 Å². The van der Waals surface area contributed by atoms with Crippen molar-refractivity contribution in [2.75, 3.05) is 38.1 Å². The zero-order valence-corrected chi connectivity index (χ0v) is 29.0. The topological polar surface area (TPSA) is 143 Å². The number of nitrogens with zero attached hydrogens (tertiary/aromatic N) is 2. The van der Waals surface area contributed by atoms with Crippen LogP contribution in [0.2, 0.25) is 0 Å². The largest absolute Gasteiger partial charge is 0.490 e. The van der Waals surface area contributed by atoms with Gasteiger partial charge < -0.3 is 19.5 Å². The van der Waals surface area contributed by atoms with E-state index in [-0.39, 0.29) is 52.1 Å². The van der Waals surface area contributed by atoms with Crippen LogP contribution in [-0.4, -0.2) is 88.7 Å². The predicted molar refractivity (Wildman–Crippen MR) is 178 cm³/mol. The molecule has 3 aromatic rings. The lowest BCUT2D eigenvalue weighted by atomic mass is 10.0. The quantitative estimate of drug-likeness (QED) is 0.330. The first-order valence-corrected chi connectivity index (χ1v) is 19.1. The molecule has 1 amide bonds. The molecule has 1 aliphatic rings. The summed E-state index contributed by atoms with van der Waals surface area (Å²) in [6.07, 6.45) is 1.35. The number of anilines is 1. The third-order valence-electron chi connectivity index (χ3n) is 7.95. The second kappa shape index (κ2) is 15.7. The summed E-state index contributed by atoms with van der Waals surface area (Å²) >= 11 is 1.14. The first kappa shape index (κ1) is 35.8. The lowest BCUT2D eigenvalue weighted by Gasteiger charge is -2.35. The fourth-order valence-corrected chi connectivity index (χ4v) is 8.63. The molecule has 1 aliphatic heterocycles. The fourth-order valence-electron chi connectivity index (χ4n) is 5.18.